The zero-order valence-corrected chi connectivity index (χ0v) is 16.0. The van der Waals surface area contributed by atoms with Crippen LogP contribution in [0.15, 0.2) is 4.99 Å². The topological polar surface area (TPSA) is 49.3 Å². The summed E-state index contributed by atoms with van der Waals surface area (Å²) < 4.78 is 11.3. The van der Waals surface area contributed by atoms with Gasteiger partial charge in [0.25, 0.3) is 0 Å². The summed E-state index contributed by atoms with van der Waals surface area (Å²) >= 11 is 0. The number of likely N-dealkylation sites (N-methyl/N-ethyl adjacent to an activating group) is 1. The van der Waals surface area contributed by atoms with E-state index in [1.807, 2.05) is 0 Å². The number of ether oxygens (including phenoxy) is 2. The van der Waals surface area contributed by atoms with E-state index in [1.54, 1.807) is 0 Å². The molecule has 6 heteroatoms. The largest absolute Gasteiger partial charge is 0.379 e. The molecule has 2 rings (SSSR count). The van der Waals surface area contributed by atoms with Gasteiger partial charge in [0.15, 0.2) is 5.96 Å². The van der Waals surface area contributed by atoms with Crippen LogP contribution in [0.25, 0.3) is 0 Å². The number of guanidine groups is 1. The Hall–Kier alpha value is -0.850. The van der Waals surface area contributed by atoms with E-state index >= 15 is 0 Å². The van der Waals surface area contributed by atoms with Crippen LogP contribution in [0.1, 0.15) is 33.6 Å². The van der Waals surface area contributed by atoms with E-state index in [0.717, 1.165) is 64.5 Å². The molecule has 1 aliphatic carbocycles. The molecule has 1 saturated heterocycles. The monoisotopic (exact) mass is 340 g/mol. The van der Waals surface area contributed by atoms with E-state index in [0.29, 0.717) is 12.1 Å². The van der Waals surface area contributed by atoms with Gasteiger partial charge in [-0.1, -0.05) is 0 Å². The summed E-state index contributed by atoms with van der Waals surface area (Å²) in [6.45, 7) is 13.5. The third-order valence-corrected chi connectivity index (χ3v) is 4.81. The Labute approximate surface area is 147 Å². The van der Waals surface area contributed by atoms with Crippen LogP contribution in [-0.2, 0) is 9.47 Å². The number of hydrogen-bond acceptors (Lipinski definition) is 4. The highest BCUT2D eigenvalue weighted by molar-refractivity contribution is 5.79. The third-order valence-electron chi connectivity index (χ3n) is 4.81. The van der Waals surface area contributed by atoms with Gasteiger partial charge in [-0.3, -0.25) is 9.89 Å². The maximum absolute atomic E-state index is 5.74. The summed E-state index contributed by atoms with van der Waals surface area (Å²) in [5.74, 6) is 1.80. The van der Waals surface area contributed by atoms with Crippen molar-refractivity contribution >= 4 is 5.96 Å². The first-order valence-electron chi connectivity index (χ1n) is 9.52. The summed E-state index contributed by atoms with van der Waals surface area (Å²) in [5.41, 5.74) is 0. The maximum atomic E-state index is 5.74. The van der Waals surface area contributed by atoms with Gasteiger partial charge in [-0.2, -0.15) is 0 Å². The smallest absolute Gasteiger partial charge is 0.193 e. The Morgan fingerprint density at radius 2 is 2.25 bits per heavy atom. The highest BCUT2D eigenvalue weighted by Crippen LogP contribution is 2.28. The molecule has 6 nitrogen and oxygen atoms in total. The first kappa shape index (κ1) is 19.5. The highest BCUT2D eigenvalue weighted by atomic mass is 16.5. The van der Waals surface area contributed by atoms with Crippen LogP contribution in [0.5, 0.6) is 0 Å². The first-order chi connectivity index (χ1) is 11.6. The van der Waals surface area contributed by atoms with Gasteiger partial charge in [-0.25, -0.2) is 0 Å². The fourth-order valence-electron chi connectivity index (χ4n) is 3.03. The molecule has 2 unspecified atom stereocenters. The Morgan fingerprint density at radius 3 is 2.92 bits per heavy atom. The van der Waals surface area contributed by atoms with Crippen LogP contribution in [0, 0.1) is 5.92 Å². The van der Waals surface area contributed by atoms with Crippen molar-refractivity contribution in [1.82, 2.24) is 15.1 Å². The average molecular weight is 341 g/mol. The van der Waals surface area contributed by atoms with Gasteiger partial charge in [0.05, 0.1) is 26.4 Å². The Bertz CT molecular complexity index is 387. The van der Waals surface area contributed by atoms with Gasteiger partial charge in [0.2, 0.25) is 0 Å². The van der Waals surface area contributed by atoms with Gasteiger partial charge < -0.3 is 19.7 Å². The van der Waals surface area contributed by atoms with Crippen molar-refractivity contribution < 1.29 is 9.47 Å². The molecule has 0 aromatic heterocycles. The Kier molecular flexibility index (Phi) is 8.29. The van der Waals surface area contributed by atoms with Crippen molar-refractivity contribution in [3.8, 4) is 0 Å². The van der Waals surface area contributed by atoms with E-state index in [1.165, 1.54) is 12.8 Å². The zero-order chi connectivity index (χ0) is 17.4. The summed E-state index contributed by atoms with van der Waals surface area (Å²) in [4.78, 5) is 9.51. The number of morpholine rings is 1. The normalized spacial score (nSPS) is 24.0. The van der Waals surface area contributed by atoms with Gasteiger partial charge in [0, 0.05) is 45.4 Å². The lowest BCUT2D eigenvalue weighted by Gasteiger charge is -2.37. The van der Waals surface area contributed by atoms with Crippen LogP contribution in [0.3, 0.4) is 0 Å². The van der Waals surface area contributed by atoms with Crippen molar-refractivity contribution in [3.05, 3.63) is 0 Å². The number of aliphatic imine (C=N–C) groups is 1. The molecular formula is C18H36N4O2. The number of hydrogen-bond donors (Lipinski definition) is 1. The van der Waals surface area contributed by atoms with Gasteiger partial charge >= 0.3 is 0 Å². The molecule has 0 aromatic carbocycles. The highest BCUT2D eigenvalue weighted by Gasteiger charge is 2.23. The second-order valence-corrected chi connectivity index (χ2v) is 7.15. The van der Waals surface area contributed by atoms with Gasteiger partial charge in [-0.05, 0) is 39.5 Å². The van der Waals surface area contributed by atoms with E-state index in [9.17, 15) is 0 Å². The van der Waals surface area contributed by atoms with Crippen molar-refractivity contribution in [2.45, 2.75) is 45.7 Å². The van der Waals surface area contributed by atoms with Crippen molar-refractivity contribution in [1.29, 1.82) is 0 Å². The zero-order valence-electron chi connectivity index (χ0n) is 16.0. The van der Waals surface area contributed by atoms with Crippen molar-refractivity contribution in [2.24, 2.45) is 10.9 Å². The molecular weight excluding hydrogens is 304 g/mol. The Morgan fingerprint density at radius 1 is 1.46 bits per heavy atom. The second kappa shape index (κ2) is 10.2. The molecule has 2 atom stereocenters. The first-order valence-corrected chi connectivity index (χ1v) is 9.52. The standard InChI is InChI=1S/C18H36N4O2/c1-5-19-18(21(4)8-10-24-14-17-6-7-17)20-12-15(2)22-9-11-23-13-16(22)3/h15-17H,5-14H2,1-4H3,(H,19,20). The van der Waals surface area contributed by atoms with Crippen LogP contribution < -0.4 is 5.32 Å². The van der Waals surface area contributed by atoms with E-state index in [4.69, 9.17) is 14.5 Å². The van der Waals surface area contributed by atoms with Crippen molar-refractivity contribution in [2.75, 3.05) is 59.7 Å². The van der Waals surface area contributed by atoms with Crippen LogP contribution in [0.2, 0.25) is 0 Å². The fraction of sp³-hybridized carbons (Fsp3) is 0.944. The van der Waals surface area contributed by atoms with Gasteiger partial charge in [-0.15, -0.1) is 0 Å². The lowest BCUT2D eigenvalue weighted by molar-refractivity contribution is -0.0166. The van der Waals surface area contributed by atoms with Crippen LogP contribution >= 0.6 is 0 Å². The number of rotatable bonds is 9. The molecule has 1 aliphatic heterocycles. The number of nitrogens with zero attached hydrogens (tertiary/aromatic N) is 3. The minimum Gasteiger partial charge on any atom is -0.379 e. The van der Waals surface area contributed by atoms with Crippen molar-refractivity contribution in [3.63, 3.8) is 0 Å². The van der Waals surface area contributed by atoms with E-state index in [2.05, 4.69) is 42.9 Å². The molecule has 1 saturated carbocycles. The number of nitrogens with one attached hydrogen (secondary N) is 1. The van der Waals surface area contributed by atoms with Crippen LogP contribution in [-0.4, -0.2) is 87.5 Å². The fourth-order valence-corrected chi connectivity index (χ4v) is 3.03. The molecule has 1 N–H and O–H groups in total. The summed E-state index contributed by atoms with van der Waals surface area (Å²) in [6.07, 6.45) is 2.69. The minimum absolute atomic E-state index is 0.428. The summed E-state index contributed by atoms with van der Waals surface area (Å²) in [7, 11) is 2.09. The molecule has 0 spiro atoms. The lowest BCUT2D eigenvalue weighted by Crippen LogP contribution is -2.49. The summed E-state index contributed by atoms with van der Waals surface area (Å²) in [5, 5.41) is 3.39. The third kappa shape index (κ3) is 6.57. The summed E-state index contributed by atoms with van der Waals surface area (Å²) in [6, 6.07) is 0.900. The van der Waals surface area contributed by atoms with Gasteiger partial charge in [0.1, 0.15) is 0 Å². The SMILES string of the molecule is CCNC(=NCC(C)N1CCOCC1C)N(C)CCOCC1CC1. The molecule has 0 radical (unpaired) electrons. The lowest BCUT2D eigenvalue weighted by atomic mass is 10.2. The second-order valence-electron chi connectivity index (χ2n) is 7.15. The molecule has 2 fully saturated rings. The maximum Gasteiger partial charge on any atom is 0.193 e. The molecule has 2 aliphatic rings. The predicted octanol–water partition coefficient (Wildman–Crippen LogP) is 1.42. The van der Waals surface area contributed by atoms with Crippen LogP contribution in [0.4, 0.5) is 0 Å². The molecule has 24 heavy (non-hydrogen) atoms. The molecule has 0 bridgehead atoms. The Balaban J connectivity index is 1.76. The minimum atomic E-state index is 0.428. The molecule has 140 valence electrons. The molecule has 0 aromatic rings. The average Bonchev–Trinajstić information content (AvgIpc) is 3.39. The molecule has 1 heterocycles. The quantitative estimate of drug-likeness (QED) is 0.391. The van der Waals surface area contributed by atoms with E-state index < -0.39 is 0 Å². The predicted molar refractivity (Wildman–Crippen MR) is 98.6 cm³/mol. The van der Waals surface area contributed by atoms with E-state index in [-0.39, 0.29) is 0 Å². The molecule has 0 amide bonds.